The lowest BCUT2D eigenvalue weighted by molar-refractivity contribution is 0.0846. The lowest BCUT2D eigenvalue weighted by Gasteiger charge is -2.10. The van der Waals surface area contributed by atoms with E-state index in [9.17, 15) is 14.0 Å². The minimum Gasteiger partial charge on any atom is -0.318 e. The summed E-state index contributed by atoms with van der Waals surface area (Å²) in [5.41, 5.74) is 8.22. The highest BCUT2D eigenvalue weighted by molar-refractivity contribution is 7.12. The van der Waals surface area contributed by atoms with E-state index in [1.54, 1.807) is 31.2 Å². The topological polar surface area (TPSA) is 63.1 Å². The van der Waals surface area contributed by atoms with Crippen molar-refractivity contribution < 1.29 is 14.0 Å². The van der Waals surface area contributed by atoms with Crippen molar-refractivity contribution >= 4 is 23.2 Å². The fourth-order valence-electron chi connectivity index (χ4n) is 3.08. The quantitative estimate of drug-likeness (QED) is 0.670. The van der Waals surface area contributed by atoms with E-state index in [4.69, 9.17) is 0 Å². The number of hydrogen-bond donors (Lipinski definition) is 2. The number of rotatable bonds is 3. The minimum atomic E-state index is -0.408. The minimum absolute atomic E-state index is 0.319. The van der Waals surface area contributed by atoms with E-state index in [0.29, 0.717) is 16.8 Å². The first-order valence-corrected chi connectivity index (χ1v) is 9.22. The highest BCUT2D eigenvalue weighted by Gasteiger charge is 2.18. The van der Waals surface area contributed by atoms with E-state index in [-0.39, 0.29) is 11.7 Å². The van der Waals surface area contributed by atoms with Crippen LogP contribution in [0.15, 0.2) is 36.4 Å². The molecule has 0 bridgehead atoms. The first kappa shape index (κ1) is 18.8. The van der Waals surface area contributed by atoms with Gasteiger partial charge in [-0.1, -0.05) is 0 Å². The van der Waals surface area contributed by atoms with Crippen LogP contribution in [0.1, 0.15) is 41.9 Å². The van der Waals surface area contributed by atoms with Gasteiger partial charge in [0.25, 0.3) is 11.8 Å². The Morgan fingerprint density at radius 1 is 0.926 bits per heavy atom. The van der Waals surface area contributed by atoms with Crippen LogP contribution in [0.2, 0.25) is 0 Å². The van der Waals surface area contributed by atoms with Crippen LogP contribution in [-0.2, 0) is 0 Å². The molecular weight excluding hydrogens is 365 g/mol. The zero-order valence-corrected chi connectivity index (χ0v) is 16.3. The average Bonchev–Trinajstić information content (AvgIpc) is 3.11. The molecule has 2 N–H and O–H groups in total. The van der Waals surface area contributed by atoms with Crippen molar-refractivity contribution in [2.75, 3.05) is 0 Å². The van der Waals surface area contributed by atoms with E-state index in [1.807, 2.05) is 25.3 Å². The van der Waals surface area contributed by atoms with Crippen LogP contribution < -0.4 is 10.9 Å². The van der Waals surface area contributed by atoms with E-state index in [0.717, 1.165) is 21.1 Å². The number of halogens is 1. The maximum Gasteiger partial charge on any atom is 0.271 e. The van der Waals surface area contributed by atoms with Crippen molar-refractivity contribution in [2.24, 2.45) is 0 Å². The monoisotopic (exact) mass is 385 g/mol. The molecule has 0 fully saturated rings. The molecule has 0 unspecified atom stereocenters. The zero-order valence-electron chi connectivity index (χ0n) is 15.5. The van der Waals surface area contributed by atoms with Gasteiger partial charge < -0.3 is 4.57 Å². The number of carbonyl (C=O) groups excluding carboxylic acids is 2. The molecule has 27 heavy (non-hydrogen) atoms. The van der Waals surface area contributed by atoms with E-state index in [2.05, 4.69) is 10.9 Å². The van der Waals surface area contributed by atoms with Gasteiger partial charge in [-0.05, 0) is 64.1 Å². The van der Waals surface area contributed by atoms with E-state index < -0.39 is 5.91 Å². The molecule has 0 aliphatic heterocycles. The number of thiophene rings is 1. The summed E-state index contributed by atoms with van der Waals surface area (Å²) < 4.78 is 15.0. The molecule has 0 saturated heterocycles. The highest BCUT2D eigenvalue weighted by Crippen LogP contribution is 2.22. The molecule has 1 aromatic carbocycles. The Morgan fingerprint density at radius 2 is 1.52 bits per heavy atom. The summed E-state index contributed by atoms with van der Waals surface area (Å²) in [6, 6.07) is 9.59. The van der Waals surface area contributed by atoms with Gasteiger partial charge in [-0.15, -0.1) is 11.3 Å². The Kier molecular flexibility index (Phi) is 5.14. The summed E-state index contributed by atoms with van der Waals surface area (Å²) in [5, 5.41) is 0. The summed E-state index contributed by atoms with van der Waals surface area (Å²) in [7, 11) is 0. The second kappa shape index (κ2) is 7.36. The number of amides is 2. The lowest BCUT2D eigenvalue weighted by Crippen LogP contribution is -2.41. The predicted molar refractivity (Wildman–Crippen MR) is 104 cm³/mol. The molecule has 0 atom stereocenters. The third kappa shape index (κ3) is 3.78. The Bertz CT molecular complexity index is 1020. The van der Waals surface area contributed by atoms with Gasteiger partial charge in [0.05, 0.1) is 11.1 Å². The van der Waals surface area contributed by atoms with Gasteiger partial charge >= 0.3 is 0 Å². The smallest absolute Gasteiger partial charge is 0.271 e. The predicted octanol–water partition coefficient (Wildman–Crippen LogP) is 3.99. The maximum absolute atomic E-state index is 13.2. The third-order valence-corrected chi connectivity index (χ3v) is 5.30. The normalized spacial score (nSPS) is 10.7. The van der Waals surface area contributed by atoms with E-state index >= 15 is 0 Å². The van der Waals surface area contributed by atoms with Crippen molar-refractivity contribution in [3.05, 3.63) is 74.5 Å². The standard InChI is InChI=1S/C20H20FN3O2S/c1-11-9-17(13(3)24(11)16-7-5-15(21)6-8-16)19(25)22-23-20(26)18-10-12(2)27-14(18)4/h5-10H,1-4H3,(H,22,25)(H,23,26). The van der Waals surface area contributed by atoms with Crippen LogP contribution >= 0.6 is 11.3 Å². The van der Waals surface area contributed by atoms with E-state index in [1.165, 1.54) is 23.5 Å². The van der Waals surface area contributed by atoms with Crippen LogP contribution in [0.5, 0.6) is 0 Å². The summed E-state index contributed by atoms with van der Waals surface area (Å²) in [5.74, 6) is -1.08. The Morgan fingerprint density at radius 3 is 2.07 bits per heavy atom. The molecule has 2 aromatic heterocycles. The molecule has 2 amide bonds. The molecule has 3 aromatic rings. The average molecular weight is 385 g/mol. The largest absolute Gasteiger partial charge is 0.318 e. The van der Waals surface area contributed by atoms with Crippen molar-refractivity contribution in [2.45, 2.75) is 27.7 Å². The fourth-order valence-corrected chi connectivity index (χ4v) is 4.01. The van der Waals surface area contributed by atoms with Crippen LogP contribution in [0.3, 0.4) is 0 Å². The molecule has 0 radical (unpaired) electrons. The van der Waals surface area contributed by atoms with Crippen LogP contribution in [0.25, 0.3) is 5.69 Å². The molecule has 0 aliphatic carbocycles. The zero-order chi connectivity index (χ0) is 19.7. The number of nitrogens with zero attached hydrogens (tertiary/aromatic N) is 1. The van der Waals surface area contributed by atoms with Crippen LogP contribution in [0.4, 0.5) is 4.39 Å². The summed E-state index contributed by atoms with van der Waals surface area (Å²) >= 11 is 1.53. The maximum atomic E-state index is 13.2. The lowest BCUT2D eigenvalue weighted by atomic mass is 10.2. The summed E-state index contributed by atoms with van der Waals surface area (Å²) in [4.78, 5) is 26.7. The first-order valence-electron chi connectivity index (χ1n) is 8.40. The molecule has 0 saturated carbocycles. The first-order chi connectivity index (χ1) is 12.8. The molecule has 0 spiro atoms. The molecule has 2 heterocycles. The van der Waals surface area contributed by atoms with Gasteiger partial charge in [0.15, 0.2) is 0 Å². The van der Waals surface area contributed by atoms with Gasteiger partial charge in [-0.25, -0.2) is 4.39 Å². The highest BCUT2D eigenvalue weighted by atomic mass is 32.1. The molecule has 7 heteroatoms. The van der Waals surface area contributed by atoms with Crippen LogP contribution in [0, 0.1) is 33.5 Å². The number of aromatic nitrogens is 1. The third-order valence-electron chi connectivity index (χ3n) is 4.34. The summed E-state index contributed by atoms with van der Waals surface area (Å²) in [6.07, 6.45) is 0. The Balaban J connectivity index is 1.77. The Hall–Kier alpha value is -2.93. The van der Waals surface area contributed by atoms with Crippen molar-refractivity contribution in [1.29, 1.82) is 0 Å². The van der Waals surface area contributed by atoms with Crippen molar-refractivity contribution in [3.63, 3.8) is 0 Å². The van der Waals surface area contributed by atoms with Crippen LogP contribution in [-0.4, -0.2) is 16.4 Å². The SMILES string of the molecule is Cc1cc(C(=O)NNC(=O)c2cc(C)n(-c3ccc(F)cc3)c2C)c(C)s1. The molecular formula is C20H20FN3O2S. The number of hydrogen-bond acceptors (Lipinski definition) is 3. The summed E-state index contributed by atoms with van der Waals surface area (Å²) in [6.45, 7) is 7.46. The molecule has 140 valence electrons. The van der Waals surface area contributed by atoms with Crippen molar-refractivity contribution in [1.82, 2.24) is 15.4 Å². The number of nitrogens with one attached hydrogen (secondary N) is 2. The number of carbonyl (C=O) groups is 2. The number of benzene rings is 1. The Labute approximate surface area is 160 Å². The number of aryl methyl sites for hydroxylation is 3. The van der Waals surface area contributed by atoms with Gasteiger partial charge in [-0.2, -0.15) is 0 Å². The fraction of sp³-hybridized carbons (Fsp3) is 0.200. The molecule has 0 aliphatic rings. The molecule has 5 nitrogen and oxygen atoms in total. The van der Waals surface area contributed by atoms with Gasteiger partial charge in [-0.3, -0.25) is 20.4 Å². The van der Waals surface area contributed by atoms with Gasteiger partial charge in [0.1, 0.15) is 5.82 Å². The second-order valence-electron chi connectivity index (χ2n) is 6.33. The van der Waals surface area contributed by atoms with Crippen molar-refractivity contribution in [3.8, 4) is 5.69 Å². The number of hydrazine groups is 1. The second-order valence-corrected chi connectivity index (χ2v) is 7.79. The van der Waals surface area contributed by atoms with Gasteiger partial charge in [0, 0.05) is 26.8 Å². The van der Waals surface area contributed by atoms with Gasteiger partial charge in [0.2, 0.25) is 0 Å². The molecule has 3 rings (SSSR count).